The summed E-state index contributed by atoms with van der Waals surface area (Å²) in [5, 5.41) is 5.02. The first kappa shape index (κ1) is 13.7. The fourth-order valence-corrected chi connectivity index (χ4v) is 2.74. The lowest BCUT2D eigenvalue weighted by molar-refractivity contribution is 0.388. The summed E-state index contributed by atoms with van der Waals surface area (Å²) in [5.41, 5.74) is 2.81. The lowest BCUT2D eigenvalue weighted by Gasteiger charge is -2.11. The Hall–Kier alpha value is -1.32. The first-order valence-corrected chi connectivity index (χ1v) is 7.69. The maximum absolute atomic E-state index is 3.62. The molecule has 0 aliphatic heterocycles. The summed E-state index contributed by atoms with van der Waals surface area (Å²) in [6.45, 7) is 3.24. The Morgan fingerprint density at radius 1 is 1.25 bits per heavy atom. The summed E-state index contributed by atoms with van der Waals surface area (Å²) in [4.78, 5) is 2.25. The van der Waals surface area contributed by atoms with E-state index in [1.165, 1.54) is 35.7 Å². The molecule has 0 unspecified atom stereocenters. The van der Waals surface area contributed by atoms with E-state index in [-0.39, 0.29) is 0 Å². The van der Waals surface area contributed by atoms with Gasteiger partial charge in [-0.1, -0.05) is 12.1 Å². The van der Waals surface area contributed by atoms with Crippen molar-refractivity contribution >= 4 is 10.9 Å². The van der Waals surface area contributed by atoms with Crippen molar-refractivity contribution in [1.82, 2.24) is 14.8 Å². The molecule has 0 saturated heterocycles. The summed E-state index contributed by atoms with van der Waals surface area (Å²) in [6.07, 6.45) is 6.13. The van der Waals surface area contributed by atoms with Crippen LogP contribution in [0.25, 0.3) is 10.9 Å². The number of nitrogens with one attached hydrogen (secondary N) is 1. The van der Waals surface area contributed by atoms with E-state index in [1.807, 2.05) is 0 Å². The molecule has 0 spiro atoms. The number of nitrogens with zero attached hydrogens (tertiary/aromatic N) is 2. The van der Waals surface area contributed by atoms with Gasteiger partial charge in [-0.2, -0.15) is 0 Å². The van der Waals surface area contributed by atoms with Gasteiger partial charge in [-0.25, -0.2) is 0 Å². The number of rotatable bonds is 7. The summed E-state index contributed by atoms with van der Waals surface area (Å²) in [7, 11) is 4.27. The molecule has 1 aliphatic rings. The summed E-state index contributed by atoms with van der Waals surface area (Å²) in [5.74, 6) is 0. The van der Waals surface area contributed by atoms with Crippen molar-refractivity contribution in [2.75, 3.05) is 20.6 Å². The third-order valence-electron chi connectivity index (χ3n) is 4.07. The smallest absolute Gasteiger partial charge is 0.0483 e. The van der Waals surface area contributed by atoms with E-state index in [2.05, 4.69) is 59.3 Å². The SMILES string of the molecule is CN(C)CCCn1ccc2c(CNC3CC3)cccc21. The highest BCUT2D eigenvalue weighted by molar-refractivity contribution is 5.83. The van der Waals surface area contributed by atoms with Gasteiger partial charge in [0.15, 0.2) is 0 Å². The Morgan fingerprint density at radius 3 is 2.85 bits per heavy atom. The van der Waals surface area contributed by atoms with Crippen LogP contribution in [0.15, 0.2) is 30.5 Å². The predicted octanol–water partition coefficient (Wildman–Crippen LogP) is 2.85. The zero-order valence-electron chi connectivity index (χ0n) is 12.6. The molecule has 3 rings (SSSR count). The van der Waals surface area contributed by atoms with Gasteiger partial charge in [0.25, 0.3) is 0 Å². The molecule has 0 bridgehead atoms. The highest BCUT2D eigenvalue weighted by Gasteiger charge is 2.20. The van der Waals surface area contributed by atoms with Gasteiger partial charge in [0.2, 0.25) is 0 Å². The van der Waals surface area contributed by atoms with E-state index in [0.717, 1.165) is 25.7 Å². The van der Waals surface area contributed by atoms with Crippen LogP contribution in [-0.4, -0.2) is 36.1 Å². The zero-order valence-corrected chi connectivity index (χ0v) is 12.6. The molecule has 0 amide bonds. The van der Waals surface area contributed by atoms with E-state index in [4.69, 9.17) is 0 Å². The van der Waals surface area contributed by atoms with Crippen molar-refractivity contribution in [2.45, 2.75) is 38.4 Å². The van der Waals surface area contributed by atoms with Crippen molar-refractivity contribution in [3.63, 3.8) is 0 Å². The van der Waals surface area contributed by atoms with Crippen molar-refractivity contribution in [3.8, 4) is 0 Å². The maximum atomic E-state index is 3.62. The average Bonchev–Trinajstić information content (AvgIpc) is 3.17. The predicted molar refractivity (Wildman–Crippen MR) is 85.0 cm³/mol. The third kappa shape index (κ3) is 3.22. The minimum Gasteiger partial charge on any atom is -0.347 e. The van der Waals surface area contributed by atoms with Crippen LogP contribution in [-0.2, 0) is 13.1 Å². The average molecular weight is 271 g/mol. The van der Waals surface area contributed by atoms with E-state index in [1.54, 1.807) is 0 Å². The molecule has 1 fully saturated rings. The second-order valence-electron chi connectivity index (χ2n) is 6.17. The second-order valence-corrected chi connectivity index (χ2v) is 6.17. The zero-order chi connectivity index (χ0) is 13.9. The summed E-state index contributed by atoms with van der Waals surface area (Å²) in [6, 6.07) is 9.73. The molecule has 3 heteroatoms. The molecule has 108 valence electrons. The molecule has 3 nitrogen and oxygen atoms in total. The molecule has 1 aromatic carbocycles. The number of benzene rings is 1. The van der Waals surface area contributed by atoms with Gasteiger partial charge in [0.1, 0.15) is 0 Å². The molecule has 1 aromatic heterocycles. The number of fused-ring (bicyclic) bond motifs is 1. The normalized spacial score (nSPS) is 15.3. The third-order valence-corrected chi connectivity index (χ3v) is 4.07. The molecule has 0 atom stereocenters. The standard InChI is InChI=1S/C17H25N3/c1-19(2)10-4-11-20-12-9-16-14(5-3-6-17(16)20)13-18-15-7-8-15/h3,5-6,9,12,15,18H,4,7-8,10-11,13H2,1-2H3. The van der Waals surface area contributed by atoms with Crippen LogP contribution >= 0.6 is 0 Å². The quantitative estimate of drug-likeness (QED) is 0.835. The Balaban J connectivity index is 1.72. The van der Waals surface area contributed by atoms with Crippen LogP contribution in [0.5, 0.6) is 0 Å². The van der Waals surface area contributed by atoms with Crippen molar-refractivity contribution in [1.29, 1.82) is 0 Å². The first-order valence-electron chi connectivity index (χ1n) is 7.69. The van der Waals surface area contributed by atoms with Crippen molar-refractivity contribution in [3.05, 3.63) is 36.0 Å². The number of aryl methyl sites for hydroxylation is 1. The van der Waals surface area contributed by atoms with Gasteiger partial charge in [0, 0.05) is 36.2 Å². The monoisotopic (exact) mass is 271 g/mol. The number of aromatic nitrogens is 1. The topological polar surface area (TPSA) is 20.2 Å². The number of hydrogen-bond acceptors (Lipinski definition) is 2. The molecular formula is C17H25N3. The highest BCUT2D eigenvalue weighted by atomic mass is 15.1. The van der Waals surface area contributed by atoms with E-state index in [9.17, 15) is 0 Å². The lowest BCUT2D eigenvalue weighted by atomic mass is 10.1. The molecule has 1 saturated carbocycles. The van der Waals surface area contributed by atoms with Gasteiger partial charge in [0.05, 0.1) is 0 Å². The summed E-state index contributed by atoms with van der Waals surface area (Å²) < 4.78 is 2.39. The Labute approximate surface area is 121 Å². The van der Waals surface area contributed by atoms with Crippen LogP contribution in [0, 0.1) is 0 Å². The van der Waals surface area contributed by atoms with Gasteiger partial charge in [-0.15, -0.1) is 0 Å². The van der Waals surface area contributed by atoms with Gasteiger partial charge in [-0.05, 0) is 57.6 Å². The van der Waals surface area contributed by atoms with E-state index >= 15 is 0 Å². The Morgan fingerprint density at radius 2 is 2.10 bits per heavy atom. The van der Waals surface area contributed by atoms with Gasteiger partial charge in [-0.3, -0.25) is 0 Å². The van der Waals surface area contributed by atoms with Crippen LogP contribution in [0.2, 0.25) is 0 Å². The summed E-state index contributed by atoms with van der Waals surface area (Å²) >= 11 is 0. The molecule has 2 aromatic rings. The fourth-order valence-electron chi connectivity index (χ4n) is 2.74. The molecule has 0 radical (unpaired) electrons. The molecule has 1 aliphatic carbocycles. The second kappa shape index (κ2) is 5.98. The van der Waals surface area contributed by atoms with Crippen LogP contribution in [0.4, 0.5) is 0 Å². The van der Waals surface area contributed by atoms with Crippen LogP contribution in [0.1, 0.15) is 24.8 Å². The van der Waals surface area contributed by atoms with Gasteiger partial charge >= 0.3 is 0 Å². The van der Waals surface area contributed by atoms with Crippen LogP contribution in [0.3, 0.4) is 0 Å². The van der Waals surface area contributed by atoms with E-state index < -0.39 is 0 Å². The fraction of sp³-hybridized carbons (Fsp3) is 0.529. The van der Waals surface area contributed by atoms with Crippen molar-refractivity contribution < 1.29 is 0 Å². The minimum atomic E-state index is 0.771. The molecule has 1 heterocycles. The molecule has 1 N–H and O–H groups in total. The Bertz CT molecular complexity index is 567. The maximum Gasteiger partial charge on any atom is 0.0483 e. The highest BCUT2D eigenvalue weighted by Crippen LogP contribution is 2.23. The minimum absolute atomic E-state index is 0.771. The van der Waals surface area contributed by atoms with Crippen molar-refractivity contribution in [2.24, 2.45) is 0 Å². The largest absolute Gasteiger partial charge is 0.347 e. The molecule has 20 heavy (non-hydrogen) atoms. The number of hydrogen-bond donors (Lipinski definition) is 1. The molecular weight excluding hydrogens is 246 g/mol. The Kier molecular flexibility index (Phi) is 4.08. The first-order chi connectivity index (χ1) is 9.74. The van der Waals surface area contributed by atoms with E-state index in [0.29, 0.717) is 0 Å². The lowest BCUT2D eigenvalue weighted by Crippen LogP contribution is -2.15. The van der Waals surface area contributed by atoms with Gasteiger partial charge < -0.3 is 14.8 Å². The van der Waals surface area contributed by atoms with Crippen LogP contribution < -0.4 is 5.32 Å².